The molecule has 0 aliphatic rings. The van der Waals surface area contributed by atoms with E-state index in [-0.39, 0.29) is 23.5 Å². The van der Waals surface area contributed by atoms with Gasteiger partial charge in [-0.25, -0.2) is 8.42 Å². The Bertz CT molecular complexity index is 1810. The molecule has 1 atom stereocenters. The monoisotopic (exact) mass is 681 g/mol. The van der Waals surface area contributed by atoms with E-state index in [9.17, 15) is 31.2 Å². The fourth-order valence-corrected chi connectivity index (χ4v) is 6.49. The molecule has 0 heterocycles. The molecule has 0 bridgehead atoms. The lowest BCUT2D eigenvalue weighted by atomic mass is 10.0. The van der Waals surface area contributed by atoms with Gasteiger partial charge in [0.2, 0.25) is 11.8 Å². The minimum Gasteiger partial charge on any atom is -0.497 e. The molecule has 0 aromatic heterocycles. The molecular formula is C36H38F3N3O5S. The molecule has 0 unspecified atom stereocenters. The predicted molar refractivity (Wildman–Crippen MR) is 178 cm³/mol. The number of alkyl halides is 3. The first kappa shape index (κ1) is 36.0. The van der Waals surface area contributed by atoms with Crippen LogP contribution in [-0.4, -0.2) is 50.4 Å². The normalized spacial score (nSPS) is 12.6. The molecule has 0 radical (unpaired) electrons. The van der Waals surface area contributed by atoms with Gasteiger partial charge in [-0.1, -0.05) is 66.7 Å². The van der Waals surface area contributed by atoms with E-state index < -0.39 is 51.7 Å². The molecule has 0 spiro atoms. The van der Waals surface area contributed by atoms with Crippen LogP contribution in [0.15, 0.2) is 114 Å². The summed E-state index contributed by atoms with van der Waals surface area (Å²) in [7, 11) is -3.08. The van der Waals surface area contributed by atoms with Gasteiger partial charge in [0.15, 0.2) is 0 Å². The summed E-state index contributed by atoms with van der Waals surface area (Å²) in [5.74, 6) is -0.797. The van der Waals surface area contributed by atoms with Crippen LogP contribution in [0.4, 0.5) is 18.9 Å². The van der Waals surface area contributed by atoms with Crippen LogP contribution in [0, 0.1) is 0 Å². The fourth-order valence-electron chi connectivity index (χ4n) is 5.06. The molecule has 0 saturated carbocycles. The first-order chi connectivity index (χ1) is 22.6. The number of nitrogens with one attached hydrogen (secondary N) is 1. The second kappa shape index (κ2) is 14.9. The number of anilines is 1. The van der Waals surface area contributed by atoms with Crippen LogP contribution in [0.5, 0.6) is 5.75 Å². The van der Waals surface area contributed by atoms with Crippen molar-refractivity contribution in [2.24, 2.45) is 0 Å². The van der Waals surface area contributed by atoms with E-state index in [0.29, 0.717) is 21.7 Å². The van der Waals surface area contributed by atoms with Gasteiger partial charge in [-0.3, -0.25) is 13.9 Å². The summed E-state index contributed by atoms with van der Waals surface area (Å²) in [4.78, 5) is 29.5. The molecule has 0 fully saturated rings. The third kappa shape index (κ3) is 9.37. The van der Waals surface area contributed by atoms with Crippen molar-refractivity contribution in [3.05, 3.63) is 126 Å². The zero-order valence-corrected chi connectivity index (χ0v) is 27.9. The molecule has 0 saturated heterocycles. The second-order valence-corrected chi connectivity index (χ2v) is 14.1. The van der Waals surface area contributed by atoms with Crippen molar-refractivity contribution < 1.29 is 35.9 Å². The lowest BCUT2D eigenvalue weighted by Crippen LogP contribution is -2.56. The highest BCUT2D eigenvalue weighted by Gasteiger charge is 2.37. The number of hydrogen-bond acceptors (Lipinski definition) is 5. The van der Waals surface area contributed by atoms with E-state index in [4.69, 9.17) is 4.74 Å². The number of halogens is 3. The molecule has 4 aromatic carbocycles. The van der Waals surface area contributed by atoms with Gasteiger partial charge in [0.25, 0.3) is 10.0 Å². The van der Waals surface area contributed by atoms with Gasteiger partial charge in [0.05, 0.1) is 23.3 Å². The van der Waals surface area contributed by atoms with Crippen LogP contribution in [0.2, 0.25) is 0 Å². The molecule has 48 heavy (non-hydrogen) atoms. The van der Waals surface area contributed by atoms with Crippen LogP contribution in [0.25, 0.3) is 0 Å². The Balaban J connectivity index is 1.86. The third-order valence-electron chi connectivity index (χ3n) is 7.33. The molecule has 0 aliphatic heterocycles. The van der Waals surface area contributed by atoms with Gasteiger partial charge < -0.3 is 15.0 Å². The number of amides is 2. The van der Waals surface area contributed by atoms with Crippen LogP contribution in [0.1, 0.15) is 37.5 Å². The lowest BCUT2D eigenvalue weighted by Gasteiger charge is -2.35. The van der Waals surface area contributed by atoms with Crippen molar-refractivity contribution in [1.29, 1.82) is 0 Å². The zero-order valence-electron chi connectivity index (χ0n) is 27.1. The first-order valence-electron chi connectivity index (χ1n) is 15.1. The van der Waals surface area contributed by atoms with E-state index in [2.05, 4.69) is 5.32 Å². The summed E-state index contributed by atoms with van der Waals surface area (Å²) in [6.07, 6.45) is -4.69. The Morgan fingerprint density at radius 1 is 0.812 bits per heavy atom. The van der Waals surface area contributed by atoms with Crippen LogP contribution in [0.3, 0.4) is 0 Å². The molecule has 4 aromatic rings. The number of carbonyl (C=O) groups is 2. The fraction of sp³-hybridized carbons (Fsp3) is 0.278. The average Bonchev–Trinajstić information content (AvgIpc) is 3.05. The van der Waals surface area contributed by atoms with Crippen molar-refractivity contribution in [1.82, 2.24) is 10.2 Å². The summed E-state index contributed by atoms with van der Waals surface area (Å²) >= 11 is 0. The van der Waals surface area contributed by atoms with E-state index >= 15 is 0 Å². The average molecular weight is 682 g/mol. The van der Waals surface area contributed by atoms with Crippen molar-refractivity contribution in [3.8, 4) is 5.75 Å². The number of nitrogens with zero attached hydrogens (tertiary/aromatic N) is 2. The standard InChI is InChI=1S/C36H38F3N3O5S/c1-35(2,3)40-34(44)32(22-26-13-7-5-8-14-26)41(24-27-15-11-18-30(21-27)47-4)33(43)25-42(48(45,46)31-19-9-6-10-20-31)29-17-12-16-28(23-29)36(37,38)39/h5-21,23,32H,22,24-25H2,1-4H3,(H,40,44)/t32-/m1/s1. The van der Waals surface area contributed by atoms with E-state index in [1.54, 1.807) is 75.4 Å². The Kier molecular flexibility index (Phi) is 11.2. The maximum absolute atomic E-state index is 14.5. The van der Waals surface area contributed by atoms with E-state index in [1.165, 1.54) is 42.3 Å². The minimum absolute atomic E-state index is 0.0768. The van der Waals surface area contributed by atoms with Gasteiger partial charge in [0, 0.05) is 18.5 Å². The predicted octanol–water partition coefficient (Wildman–Crippen LogP) is 6.46. The largest absolute Gasteiger partial charge is 0.497 e. The smallest absolute Gasteiger partial charge is 0.416 e. The molecule has 0 aliphatic carbocycles. The van der Waals surface area contributed by atoms with Crippen LogP contribution >= 0.6 is 0 Å². The van der Waals surface area contributed by atoms with Crippen molar-refractivity contribution in [2.45, 2.75) is 56.4 Å². The van der Waals surface area contributed by atoms with Gasteiger partial charge in [-0.05, 0) is 74.4 Å². The number of rotatable bonds is 12. The molecular weight excluding hydrogens is 643 g/mol. The Labute approximate surface area is 279 Å². The van der Waals surface area contributed by atoms with E-state index in [1.807, 2.05) is 6.07 Å². The molecule has 254 valence electrons. The Morgan fingerprint density at radius 3 is 2.02 bits per heavy atom. The molecule has 2 amide bonds. The van der Waals surface area contributed by atoms with Crippen LogP contribution < -0.4 is 14.4 Å². The minimum atomic E-state index is -4.77. The van der Waals surface area contributed by atoms with E-state index in [0.717, 1.165) is 17.7 Å². The SMILES string of the molecule is COc1cccc(CN(C(=O)CN(c2cccc(C(F)(F)F)c2)S(=O)(=O)c2ccccc2)[C@H](Cc2ccccc2)C(=O)NC(C)(C)C)c1. The second-order valence-electron chi connectivity index (χ2n) is 12.2. The molecule has 12 heteroatoms. The van der Waals surface area contributed by atoms with Gasteiger partial charge in [-0.15, -0.1) is 0 Å². The quantitative estimate of drug-likeness (QED) is 0.185. The summed E-state index contributed by atoms with van der Waals surface area (Å²) in [5.41, 5.74) is -0.803. The van der Waals surface area contributed by atoms with Crippen LogP contribution in [-0.2, 0) is 38.8 Å². The maximum atomic E-state index is 14.5. The molecule has 1 N–H and O–H groups in total. The summed E-state index contributed by atoms with van der Waals surface area (Å²) in [6.45, 7) is 4.35. The number of benzene rings is 4. The number of sulfonamides is 1. The molecule has 8 nitrogen and oxygen atoms in total. The highest BCUT2D eigenvalue weighted by molar-refractivity contribution is 7.92. The topological polar surface area (TPSA) is 96.0 Å². The first-order valence-corrected chi connectivity index (χ1v) is 16.6. The number of methoxy groups -OCH3 is 1. The van der Waals surface area contributed by atoms with Crippen molar-refractivity contribution in [2.75, 3.05) is 18.0 Å². The van der Waals surface area contributed by atoms with Gasteiger partial charge >= 0.3 is 6.18 Å². The third-order valence-corrected chi connectivity index (χ3v) is 9.12. The van der Waals surface area contributed by atoms with Crippen molar-refractivity contribution in [3.63, 3.8) is 0 Å². The number of ether oxygens (including phenoxy) is 1. The lowest BCUT2D eigenvalue weighted by molar-refractivity contribution is -0.140. The maximum Gasteiger partial charge on any atom is 0.416 e. The summed E-state index contributed by atoms with van der Waals surface area (Å²) in [6, 6.07) is 25.7. The number of hydrogen-bond donors (Lipinski definition) is 1. The molecule has 4 rings (SSSR count). The Morgan fingerprint density at radius 2 is 1.42 bits per heavy atom. The highest BCUT2D eigenvalue weighted by Crippen LogP contribution is 2.33. The highest BCUT2D eigenvalue weighted by atomic mass is 32.2. The Hall–Kier alpha value is -4.84. The van der Waals surface area contributed by atoms with Gasteiger partial charge in [0.1, 0.15) is 18.3 Å². The summed E-state index contributed by atoms with van der Waals surface area (Å²) in [5, 5.41) is 2.93. The summed E-state index contributed by atoms with van der Waals surface area (Å²) < 4.78 is 75.5. The number of carbonyl (C=O) groups excluding carboxylic acids is 2. The van der Waals surface area contributed by atoms with Gasteiger partial charge in [-0.2, -0.15) is 13.2 Å². The van der Waals surface area contributed by atoms with Crippen molar-refractivity contribution >= 4 is 27.5 Å². The zero-order chi connectivity index (χ0) is 35.1.